The van der Waals surface area contributed by atoms with E-state index in [4.69, 9.17) is 5.11 Å². The van der Waals surface area contributed by atoms with E-state index in [1.165, 1.54) is 0 Å². The summed E-state index contributed by atoms with van der Waals surface area (Å²) >= 11 is 0. The summed E-state index contributed by atoms with van der Waals surface area (Å²) in [5.74, 6) is 0. The number of aliphatic hydroxyl groups is 1. The number of rotatable bonds is 2. The highest BCUT2D eigenvalue weighted by atomic mass is 16.3. The summed E-state index contributed by atoms with van der Waals surface area (Å²) in [7, 11) is 0. The Morgan fingerprint density at radius 2 is 2.58 bits per heavy atom. The topological polar surface area (TPSA) is 52.6 Å². The summed E-state index contributed by atoms with van der Waals surface area (Å²) in [5.41, 5.74) is 0. The highest BCUT2D eigenvalue weighted by molar-refractivity contribution is 5.74. The molecule has 1 saturated heterocycles. The number of carbonyl (C=O) groups excluding carboxylic acids is 1. The number of amides is 2. The molecule has 0 radical (unpaired) electrons. The molecule has 4 nitrogen and oxygen atoms in total. The third kappa shape index (κ3) is 2.23. The molecule has 1 fully saturated rings. The van der Waals surface area contributed by atoms with E-state index in [0.717, 1.165) is 0 Å². The van der Waals surface area contributed by atoms with Gasteiger partial charge in [-0.1, -0.05) is 6.08 Å². The fourth-order valence-electron chi connectivity index (χ4n) is 1.20. The highest BCUT2D eigenvalue weighted by Crippen LogP contribution is 2.07. The minimum absolute atomic E-state index is 0.119. The van der Waals surface area contributed by atoms with Crippen molar-refractivity contribution in [1.29, 1.82) is 0 Å². The van der Waals surface area contributed by atoms with E-state index in [2.05, 4.69) is 11.9 Å². The third-order valence-corrected chi connectivity index (χ3v) is 1.85. The third-order valence-electron chi connectivity index (χ3n) is 1.85. The van der Waals surface area contributed by atoms with Crippen LogP contribution in [0, 0.1) is 0 Å². The number of β-amino-alcohol motifs (C(OH)–C–C–N with tert-alkyl or cyclic N) is 1. The number of urea groups is 1. The summed E-state index contributed by atoms with van der Waals surface area (Å²) in [6, 6.07) is -0.119. The first-order valence-electron chi connectivity index (χ1n) is 4.05. The first kappa shape index (κ1) is 9.06. The quantitative estimate of drug-likeness (QED) is 0.571. The smallest absolute Gasteiger partial charge is 0.317 e. The first-order valence-corrected chi connectivity index (χ1v) is 4.05. The Hall–Kier alpha value is -1.03. The maximum absolute atomic E-state index is 11.2. The molecule has 0 spiro atoms. The Morgan fingerprint density at radius 3 is 3.08 bits per heavy atom. The Labute approximate surface area is 71.9 Å². The number of hydrogen-bond donors (Lipinski definition) is 2. The van der Waals surface area contributed by atoms with Crippen LogP contribution in [0.3, 0.4) is 0 Å². The molecule has 1 aliphatic heterocycles. The molecule has 4 heteroatoms. The Balaban J connectivity index is 2.28. The Bertz CT molecular complexity index is 182. The van der Waals surface area contributed by atoms with Gasteiger partial charge in [-0.15, -0.1) is 6.58 Å². The van der Waals surface area contributed by atoms with Crippen LogP contribution in [0.25, 0.3) is 0 Å². The van der Waals surface area contributed by atoms with Gasteiger partial charge < -0.3 is 15.3 Å². The van der Waals surface area contributed by atoms with Gasteiger partial charge in [-0.3, -0.25) is 0 Å². The summed E-state index contributed by atoms with van der Waals surface area (Å²) < 4.78 is 0. The first-order chi connectivity index (χ1) is 5.74. The van der Waals surface area contributed by atoms with Crippen LogP contribution in [0.15, 0.2) is 12.7 Å². The highest BCUT2D eigenvalue weighted by Gasteiger charge is 2.23. The zero-order chi connectivity index (χ0) is 8.97. The van der Waals surface area contributed by atoms with E-state index in [9.17, 15) is 4.79 Å². The molecular formula is C8H14N2O2. The monoisotopic (exact) mass is 170 g/mol. The molecule has 0 aromatic carbocycles. The largest absolute Gasteiger partial charge is 0.391 e. The standard InChI is InChI=1S/C8H14N2O2/c1-2-4-9-8(12)10-5-3-7(11)6-10/h2,7,11H,1,3-6H2,(H,9,12)/t7-/m0/s1. The molecule has 0 unspecified atom stereocenters. The van der Waals surface area contributed by atoms with Gasteiger partial charge in [0.05, 0.1) is 6.10 Å². The molecule has 2 N–H and O–H groups in total. The van der Waals surface area contributed by atoms with Gasteiger partial charge in [0.25, 0.3) is 0 Å². The minimum Gasteiger partial charge on any atom is -0.391 e. The van der Waals surface area contributed by atoms with Crippen LogP contribution in [0.2, 0.25) is 0 Å². The number of nitrogens with zero attached hydrogens (tertiary/aromatic N) is 1. The average Bonchev–Trinajstić information content (AvgIpc) is 2.47. The van der Waals surface area contributed by atoms with Crippen molar-refractivity contribution >= 4 is 6.03 Å². The lowest BCUT2D eigenvalue weighted by Crippen LogP contribution is -2.38. The average molecular weight is 170 g/mol. The summed E-state index contributed by atoms with van der Waals surface area (Å²) in [6.45, 7) is 5.06. The number of likely N-dealkylation sites (tertiary alicyclic amines) is 1. The second kappa shape index (κ2) is 4.11. The normalized spacial score (nSPS) is 22.4. The van der Waals surface area contributed by atoms with E-state index in [1.807, 2.05) is 0 Å². The van der Waals surface area contributed by atoms with E-state index >= 15 is 0 Å². The molecule has 2 amide bonds. The lowest BCUT2D eigenvalue weighted by Gasteiger charge is -2.15. The molecule has 1 aliphatic rings. The van der Waals surface area contributed by atoms with Crippen molar-refractivity contribution in [3.63, 3.8) is 0 Å². The SMILES string of the molecule is C=CCNC(=O)N1CC[C@H](O)C1. The lowest BCUT2D eigenvalue weighted by molar-refractivity contribution is 0.172. The molecular weight excluding hydrogens is 156 g/mol. The van der Waals surface area contributed by atoms with Crippen molar-refractivity contribution in [3.05, 3.63) is 12.7 Å². The van der Waals surface area contributed by atoms with Gasteiger partial charge in [-0.05, 0) is 6.42 Å². The van der Waals surface area contributed by atoms with Crippen molar-refractivity contribution in [2.24, 2.45) is 0 Å². The molecule has 0 bridgehead atoms. The van der Waals surface area contributed by atoms with Crippen molar-refractivity contribution in [2.75, 3.05) is 19.6 Å². The van der Waals surface area contributed by atoms with Gasteiger partial charge >= 0.3 is 6.03 Å². The molecule has 0 aromatic rings. The van der Waals surface area contributed by atoms with Gasteiger partial charge in [0.1, 0.15) is 0 Å². The van der Waals surface area contributed by atoms with Crippen LogP contribution in [-0.2, 0) is 0 Å². The van der Waals surface area contributed by atoms with Gasteiger partial charge in [0.15, 0.2) is 0 Å². The van der Waals surface area contributed by atoms with E-state index < -0.39 is 0 Å². The molecule has 1 heterocycles. The van der Waals surface area contributed by atoms with E-state index in [-0.39, 0.29) is 12.1 Å². The van der Waals surface area contributed by atoms with Gasteiger partial charge in [-0.25, -0.2) is 4.79 Å². The predicted octanol–water partition coefficient (Wildman–Crippen LogP) is -0.0514. The van der Waals surface area contributed by atoms with Crippen LogP contribution in [0.5, 0.6) is 0 Å². The minimum atomic E-state index is -0.348. The van der Waals surface area contributed by atoms with Gasteiger partial charge in [0.2, 0.25) is 0 Å². The van der Waals surface area contributed by atoms with E-state index in [0.29, 0.717) is 26.1 Å². The Kier molecular flexibility index (Phi) is 3.10. The van der Waals surface area contributed by atoms with E-state index in [1.54, 1.807) is 11.0 Å². The molecule has 12 heavy (non-hydrogen) atoms. The molecule has 68 valence electrons. The summed E-state index contributed by atoms with van der Waals surface area (Å²) in [4.78, 5) is 12.8. The maximum Gasteiger partial charge on any atom is 0.317 e. The number of aliphatic hydroxyl groups excluding tert-OH is 1. The van der Waals surface area contributed by atoms with Gasteiger partial charge in [-0.2, -0.15) is 0 Å². The zero-order valence-electron chi connectivity index (χ0n) is 6.99. The second-order valence-electron chi connectivity index (χ2n) is 2.86. The van der Waals surface area contributed by atoms with Crippen molar-refractivity contribution in [3.8, 4) is 0 Å². The fourth-order valence-corrected chi connectivity index (χ4v) is 1.20. The molecule has 0 aromatic heterocycles. The fraction of sp³-hybridized carbons (Fsp3) is 0.625. The van der Waals surface area contributed by atoms with Crippen LogP contribution in [0.1, 0.15) is 6.42 Å². The maximum atomic E-state index is 11.2. The number of hydrogen-bond acceptors (Lipinski definition) is 2. The Morgan fingerprint density at radius 1 is 1.83 bits per heavy atom. The number of carbonyl (C=O) groups is 1. The summed E-state index contributed by atoms with van der Waals surface area (Å²) in [5, 5.41) is 11.8. The van der Waals surface area contributed by atoms with Crippen LogP contribution < -0.4 is 5.32 Å². The van der Waals surface area contributed by atoms with Crippen molar-refractivity contribution in [1.82, 2.24) is 10.2 Å². The van der Waals surface area contributed by atoms with Crippen LogP contribution in [-0.4, -0.2) is 41.8 Å². The van der Waals surface area contributed by atoms with Crippen molar-refractivity contribution in [2.45, 2.75) is 12.5 Å². The van der Waals surface area contributed by atoms with Crippen molar-refractivity contribution < 1.29 is 9.90 Å². The van der Waals surface area contributed by atoms with Crippen LogP contribution in [0.4, 0.5) is 4.79 Å². The molecule has 1 atom stereocenters. The zero-order valence-corrected chi connectivity index (χ0v) is 6.99. The molecule has 1 rings (SSSR count). The second-order valence-corrected chi connectivity index (χ2v) is 2.86. The van der Waals surface area contributed by atoms with Crippen LogP contribution >= 0.6 is 0 Å². The molecule has 0 aliphatic carbocycles. The number of nitrogens with one attached hydrogen (secondary N) is 1. The summed E-state index contributed by atoms with van der Waals surface area (Å²) in [6.07, 6.45) is 1.96. The predicted molar refractivity (Wildman–Crippen MR) is 45.8 cm³/mol. The van der Waals surface area contributed by atoms with Gasteiger partial charge in [0, 0.05) is 19.6 Å². The molecule has 0 saturated carbocycles. The lowest BCUT2D eigenvalue weighted by atomic mass is 10.3.